The second kappa shape index (κ2) is 17.5. The molecule has 0 heterocycles. The molecule has 0 amide bonds. The van der Waals surface area contributed by atoms with Crippen molar-refractivity contribution in [1.29, 1.82) is 0 Å². The lowest BCUT2D eigenvalue weighted by Gasteiger charge is -2.17. The summed E-state index contributed by atoms with van der Waals surface area (Å²) in [4.78, 5) is 17.9. The van der Waals surface area contributed by atoms with Crippen molar-refractivity contribution in [3.8, 4) is 0 Å². The summed E-state index contributed by atoms with van der Waals surface area (Å²) < 4.78 is 15.7. The predicted molar refractivity (Wildman–Crippen MR) is 107 cm³/mol. The summed E-state index contributed by atoms with van der Waals surface area (Å²) in [7, 11) is -4.33. The zero-order valence-corrected chi connectivity index (χ0v) is 17.7. The number of phosphoric ester groups is 1. The quantitative estimate of drug-likeness (QED) is 0.188. The van der Waals surface area contributed by atoms with E-state index in [1.54, 1.807) is 0 Å². The van der Waals surface area contributed by atoms with Crippen LogP contribution in [0.2, 0.25) is 0 Å². The van der Waals surface area contributed by atoms with Crippen LogP contribution in [-0.4, -0.2) is 16.4 Å². The molecule has 0 aliphatic carbocycles. The van der Waals surface area contributed by atoms with Crippen LogP contribution in [0.25, 0.3) is 0 Å². The second-order valence-electron chi connectivity index (χ2n) is 7.47. The van der Waals surface area contributed by atoms with E-state index < -0.39 is 7.82 Å². The van der Waals surface area contributed by atoms with Crippen LogP contribution in [0.3, 0.4) is 0 Å². The Morgan fingerprint density at radius 1 is 0.680 bits per heavy atom. The Hall–Kier alpha value is 0.110. The summed E-state index contributed by atoms with van der Waals surface area (Å²) in [6.07, 6.45) is 19.9. The van der Waals surface area contributed by atoms with E-state index in [0.717, 1.165) is 25.7 Å². The van der Waals surface area contributed by atoms with E-state index in [2.05, 4.69) is 13.8 Å². The third kappa shape index (κ3) is 20.3. The number of hydrogen-bond acceptors (Lipinski definition) is 2. The van der Waals surface area contributed by atoms with Gasteiger partial charge in [-0.25, -0.2) is 4.57 Å². The Kier molecular flexibility index (Phi) is 17.6. The standard InChI is InChI=1S/C20H43O4P/c1-3-5-7-9-11-12-14-16-18-20(19-24-25(21,22)23)17-15-13-10-8-6-4-2/h20H,3-19H2,1-2H3,(H2,21,22,23). The maximum atomic E-state index is 11.0. The molecule has 0 rings (SSSR count). The maximum Gasteiger partial charge on any atom is 0.469 e. The van der Waals surface area contributed by atoms with Crippen LogP contribution in [0.4, 0.5) is 0 Å². The van der Waals surface area contributed by atoms with Gasteiger partial charge in [0.2, 0.25) is 0 Å². The third-order valence-electron chi connectivity index (χ3n) is 4.91. The molecule has 5 heteroatoms. The number of unbranched alkanes of at least 4 members (excludes halogenated alkanes) is 12. The molecular weight excluding hydrogens is 335 g/mol. The molecule has 0 saturated heterocycles. The van der Waals surface area contributed by atoms with E-state index in [0.29, 0.717) is 5.92 Å². The van der Waals surface area contributed by atoms with Crippen LogP contribution in [0, 0.1) is 5.92 Å². The van der Waals surface area contributed by atoms with Crippen LogP contribution in [-0.2, 0) is 9.09 Å². The molecule has 0 fully saturated rings. The highest BCUT2D eigenvalue weighted by Crippen LogP contribution is 2.37. The van der Waals surface area contributed by atoms with Gasteiger partial charge in [0.05, 0.1) is 6.61 Å². The fourth-order valence-electron chi connectivity index (χ4n) is 3.29. The minimum absolute atomic E-state index is 0.204. The first-order chi connectivity index (χ1) is 12.0. The molecule has 2 N–H and O–H groups in total. The van der Waals surface area contributed by atoms with Crippen LogP contribution in [0.1, 0.15) is 117 Å². The van der Waals surface area contributed by atoms with Crippen molar-refractivity contribution in [1.82, 2.24) is 0 Å². The van der Waals surface area contributed by atoms with Crippen molar-refractivity contribution >= 4 is 7.82 Å². The van der Waals surface area contributed by atoms with E-state index in [1.807, 2.05) is 0 Å². The molecule has 1 atom stereocenters. The van der Waals surface area contributed by atoms with Gasteiger partial charge in [-0.2, -0.15) is 0 Å². The molecule has 0 aliphatic rings. The fraction of sp³-hybridized carbons (Fsp3) is 1.00. The first kappa shape index (κ1) is 25.1. The van der Waals surface area contributed by atoms with Gasteiger partial charge < -0.3 is 9.79 Å². The normalized spacial score (nSPS) is 13.3. The molecule has 0 aromatic rings. The smallest absolute Gasteiger partial charge is 0.303 e. The highest BCUT2D eigenvalue weighted by Gasteiger charge is 2.18. The Bertz CT molecular complexity index is 317. The van der Waals surface area contributed by atoms with Gasteiger partial charge in [0.1, 0.15) is 0 Å². The lowest BCUT2D eigenvalue weighted by molar-refractivity contribution is 0.157. The molecule has 152 valence electrons. The molecule has 0 saturated carbocycles. The van der Waals surface area contributed by atoms with E-state index in [9.17, 15) is 4.57 Å². The maximum absolute atomic E-state index is 11.0. The zero-order chi connectivity index (χ0) is 18.8. The molecule has 0 radical (unpaired) electrons. The minimum Gasteiger partial charge on any atom is -0.303 e. The Balaban J connectivity index is 3.83. The van der Waals surface area contributed by atoms with Crippen molar-refractivity contribution in [3.05, 3.63) is 0 Å². The van der Waals surface area contributed by atoms with Crippen molar-refractivity contribution < 1.29 is 18.9 Å². The molecular formula is C20H43O4P. The number of rotatable bonds is 19. The average Bonchev–Trinajstić information content (AvgIpc) is 2.56. The minimum atomic E-state index is -4.33. The van der Waals surface area contributed by atoms with Crippen molar-refractivity contribution in [2.45, 2.75) is 117 Å². The van der Waals surface area contributed by atoms with Gasteiger partial charge in [0.15, 0.2) is 0 Å². The molecule has 0 spiro atoms. The monoisotopic (exact) mass is 378 g/mol. The first-order valence-electron chi connectivity index (χ1n) is 10.7. The van der Waals surface area contributed by atoms with Crippen molar-refractivity contribution in [3.63, 3.8) is 0 Å². The Morgan fingerprint density at radius 3 is 1.40 bits per heavy atom. The van der Waals surface area contributed by atoms with Crippen LogP contribution in [0.15, 0.2) is 0 Å². The number of hydrogen-bond donors (Lipinski definition) is 2. The zero-order valence-electron chi connectivity index (χ0n) is 16.8. The van der Waals surface area contributed by atoms with E-state index in [4.69, 9.17) is 14.3 Å². The molecule has 0 bridgehead atoms. The lowest BCUT2D eigenvalue weighted by Crippen LogP contribution is -2.09. The second-order valence-corrected chi connectivity index (χ2v) is 8.71. The summed E-state index contributed by atoms with van der Waals surface area (Å²) in [5.41, 5.74) is 0. The molecule has 1 unspecified atom stereocenters. The van der Waals surface area contributed by atoms with Gasteiger partial charge in [0, 0.05) is 0 Å². The molecule has 0 aliphatic heterocycles. The largest absolute Gasteiger partial charge is 0.469 e. The molecule has 0 aromatic carbocycles. The van der Waals surface area contributed by atoms with Gasteiger partial charge in [-0.1, -0.05) is 104 Å². The summed E-state index contributed by atoms with van der Waals surface area (Å²) >= 11 is 0. The first-order valence-corrected chi connectivity index (χ1v) is 12.2. The lowest BCUT2D eigenvalue weighted by atomic mass is 9.95. The Morgan fingerprint density at radius 2 is 1.04 bits per heavy atom. The van der Waals surface area contributed by atoms with Gasteiger partial charge in [-0.05, 0) is 18.8 Å². The predicted octanol–water partition coefficient (Wildman–Crippen LogP) is 6.99. The summed E-state index contributed by atoms with van der Waals surface area (Å²) in [6.45, 7) is 4.67. The topological polar surface area (TPSA) is 66.8 Å². The summed E-state index contributed by atoms with van der Waals surface area (Å²) in [5.74, 6) is 0.291. The summed E-state index contributed by atoms with van der Waals surface area (Å²) in [6, 6.07) is 0. The number of phosphoric acid groups is 1. The van der Waals surface area contributed by atoms with E-state index >= 15 is 0 Å². The van der Waals surface area contributed by atoms with Crippen LogP contribution < -0.4 is 0 Å². The van der Waals surface area contributed by atoms with Gasteiger partial charge in [-0.3, -0.25) is 4.52 Å². The van der Waals surface area contributed by atoms with Crippen LogP contribution in [0.5, 0.6) is 0 Å². The third-order valence-corrected chi connectivity index (χ3v) is 5.40. The highest BCUT2D eigenvalue weighted by atomic mass is 31.2. The van der Waals surface area contributed by atoms with Gasteiger partial charge in [0.25, 0.3) is 0 Å². The van der Waals surface area contributed by atoms with E-state index in [-0.39, 0.29) is 6.61 Å². The Labute approximate surface area is 156 Å². The summed E-state index contributed by atoms with van der Waals surface area (Å²) in [5, 5.41) is 0. The van der Waals surface area contributed by atoms with Crippen molar-refractivity contribution in [2.24, 2.45) is 5.92 Å². The highest BCUT2D eigenvalue weighted by molar-refractivity contribution is 7.46. The average molecular weight is 379 g/mol. The van der Waals surface area contributed by atoms with Crippen LogP contribution >= 0.6 is 7.82 Å². The molecule has 0 aromatic heterocycles. The van der Waals surface area contributed by atoms with Crippen molar-refractivity contribution in [2.75, 3.05) is 6.61 Å². The molecule has 4 nitrogen and oxygen atoms in total. The van der Waals surface area contributed by atoms with Gasteiger partial charge >= 0.3 is 7.82 Å². The SMILES string of the molecule is CCCCCCCCCCC(CCCCCCCC)COP(=O)(O)O. The van der Waals surface area contributed by atoms with Gasteiger partial charge in [-0.15, -0.1) is 0 Å². The van der Waals surface area contributed by atoms with E-state index in [1.165, 1.54) is 77.0 Å². The molecule has 25 heavy (non-hydrogen) atoms. The fourth-order valence-corrected chi connectivity index (χ4v) is 3.70.